The Kier molecular flexibility index (Phi) is 4.62. The molecule has 94 valence electrons. The number of hydrogen-bond acceptors (Lipinski definition) is 3. The van der Waals surface area contributed by atoms with Gasteiger partial charge in [0, 0.05) is 19.4 Å². The second-order valence-corrected chi connectivity index (χ2v) is 5.14. The molecule has 1 saturated heterocycles. The number of rotatable bonds is 8. The van der Waals surface area contributed by atoms with Crippen LogP contribution in [0, 0.1) is 5.92 Å². The summed E-state index contributed by atoms with van der Waals surface area (Å²) in [5, 5.41) is 8.71. The van der Waals surface area contributed by atoms with Crippen molar-refractivity contribution in [2.24, 2.45) is 5.92 Å². The maximum Gasteiger partial charge on any atom is 0.168 e. The summed E-state index contributed by atoms with van der Waals surface area (Å²) >= 11 is 0. The van der Waals surface area contributed by atoms with E-state index in [0.29, 0.717) is 6.61 Å². The fraction of sp³-hybridized carbons (Fsp3) is 1.00. The molecule has 0 aromatic rings. The zero-order valence-corrected chi connectivity index (χ0v) is 10.1. The summed E-state index contributed by atoms with van der Waals surface area (Å²) < 4.78 is 11.7. The standard InChI is InChI=1S/C13H24O3/c14-8-4-2-1-3-7-13(11-12-5-6-12)15-9-10-16-13/h12,14H,1-11H2. The molecule has 2 fully saturated rings. The van der Waals surface area contributed by atoms with Gasteiger partial charge in [-0.05, 0) is 31.6 Å². The molecule has 0 aromatic carbocycles. The first-order valence-electron chi connectivity index (χ1n) is 6.73. The predicted molar refractivity (Wildman–Crippen MR) is 62.1 cm³/mol. The van der Waals surface area contributed by atoms with Crippen LogP contribution in [0.5, 0.6) is 0 Å². The summed E-state index contributed by atoms with van der Waals surface area (Å²) in [6.07, 6.45) is 9.25. The average Bonchev–Trinajstić information content (AvgIpc) is 2.96. The molecule has 0 amide bonds. The quantitative estimate of drug-likeness (QED) is 0.649. The molecule has 2 rings (SSSR count). The highest BCUT2D eigenvalue weighted by Crippen LogP contribution is 2.42. The zero-order chi connectivity index (χ0) is 11.3. The van der Waals surface area contributed by atoms with Crippen LogP contribution in [0.2, 0.25) is 0 Å². The summed E-state index contributed by atoms with van der Waals surface area (Å²) in [5.41, 5.74) is 0. The van der Waals surface area contributed by atoms with E-state index in [4.69, 9.17) is 14.6 Å². The molecule has 1 saturated carbocycles. The first kappa shape index (κ1) is 12.3. The number of hydrogen-bond donors (Lipinski definition) is 1. The van der Waals surface area contributed by atoms with Crippen LogP contribution in [-0.4, -0.2) is 30.7 Å². The van der Waals surface area contributed by atoms with Gasteiger partial charge in [-0.1, -0.05) is 12.8 Å². The maximum absolute atomic E-state index is 8.71. The predicted octanol–water partition coefficient (Wildman–Crippen LogP) is 2.47. The van der Waals surface area contributed by atoms with Gasteiger partial charge in [0.1, 0.15) is 0 Å². The normalized spacial score (nSPS) is 23.8. The van der Waals surface area contributed by atoms with Gasteiger partial charge < -0.3 is 14.6 Å². The van der Waals surface area contributed by atoms with Gasteiger partial charge in [0.15, 0.2) is 5.79 Å². The van der Waals surface area contributed by atoms with E-state index in [2.05, 4.69) is 0 Å². The van der Waals surface area contributed by atoms with Crippen LogP contribution < -0.4 is 0 Å². The smallest absolute Gasteiger partial charge is 0.168 e. The van der Waals surface area contributed by atoms with Crippen molar-refractivity contribution in [3.63, 3.8) is 0 Å². The van der Waals surface area contributed by atoms with Gasteiger partial charge in [-0.3, -0.25) is 0 Å². The molecule has 1 aliphatic carbocycles. The van der Waals surface area contributed by atoms with Gasteiger partial charge in [0.25, 0.3) is 0 Å². The van der Waals surface area contributed by atoms with Crippen molar-refractivity contribution in [3.05, 3.63) is 0 Å². The molecule has 1 heterocycles. The third kappa shape index (κ3) is 3.72. The highest BCUT2D eigenvalue weighted by molar-refractivity contribution is 4.84. The molecular weight excluding hydrogens is 204 g/mol. The second-order valence-electron chi connectivity index (χ2n) is 5.14. The topological polar surface area (TPSA) is 38.7 Å². The SMILES string of the molecule is OCCCCCCC1(CC2CC2)OCCO1. The third-order valence-electron chi connectivity index (χ3n) is 3.58. The lowest BCUT2D eigenvalue weighted by Gasteiger charge is -2.27. The summed E-state index contributed by atoms with van der Waals surface area (Å²) in [5.74, 6) is 0.621. The second kappa shape index (κ2) is 5.99. The molecule has 16 heavy (non-hydrogen) atoms. The van der Waals surface area contributed by atoms with Gasteiger partial charge in [-0.25, -0.2) is 0 Å². The lowest BCUT2D eigenvalue weighted by molar-refractivity contribution is -0.170. The number of unbranched alkanes of at least 4 members (excludes halogenated alkanes) is 3. The number of aliphatic hydroxyl groups is 1. The van der Waals surface area contributed by atoms with E-state index in [9.17, 15) is 0 Å². The lowest BCUT2D eigenvalue weighted by atomic mass is 10.0. The molecule has 1 aliphatic heterocycles. The summed E-state index contributed by atoms with van der Waals surface area (Å²) in [6.45, 7) is 1.85. The van der Waals surface area contributed by atoms with E-state index in [1.807, 2.05) is 0 Å². The van der Waals surface area contributed by atoms with E-state index in [0.717, 1.165) is 51.2 Å². The van der Waals surface area contributed by atoms with E-state index >= 15 is 0 Å². The number of ether oxygens (including phenoxy) is 2. The minimum Gasteiger partial charge on any atom is -0.396 e. The Balaban J connectivity index is 1.65. The van der Waals surface area contributed by atoms with Crippen LogP contribution >= 0.6 is 0 Å². The lowest BCUT2D eigenvalue weighted by Crippen LogP contribution is -2.30. The van der Waals surface area contributed by atoms with Crippen LogP contribution in [0.15, 0.2) is 0 Å². The van der Waals surface area contributed by atoms with E-state index in [1.165, 1.54) is 19.3 Å². The summed E-state index contributed by atoms with van der Waals surface area (Å²) in [6, 6.07) is 0. The minimum absolute atomic E-state index is 0.236. The zero-order valence-electron chi connectivity index (χ0n) is 10.1. The van der Waals surface area contributed by atoms with Gasteiger partial charge >= 0.3 is 0 Å². The Hall–Kier alpha value is -0.120. The minimum atomic E-state index is -0.236. The third-order valence-corrected chi connectivity index (χ3v) is 3.58. The van der Waals surface area contributed by atoms with Crippen LogP contribution in [0.1, 0.15) is 51.4 Å². The van der Waals surface area contributed by atoms with Crippen LogP contribution in [0.25, 0.3) is 0 Å². The van der Waals surface area contributed by atoms with Crippen molar-refractivity contribution in [2.75, 3.05) is 19.8 Å². The van der Waals surface area contributed by atoms with Crippen molar-refractivity contribution in [2.45, 2.75) is 57.2 Å². The van der Waals surface area contributed by atoms with Crippen LogP contribution in [-0.2, 0) is 9.47 Å². The fourth-order valence-corrected chi connectivity index (χ4v) is 2.48. The van der Waals surface area contributed by atoms with E-state index in [-0.39, 0.29) is 5.79 Å². The van der Waals surface area contributed by atoms with Gasteiger partial charge in [-0.2, -0.15) is 0 Å². The molecule has 2 aliphatic rings. The Bertz CT molecular complexity index is 195. The molecular formula is C13H24O3. The first-order valence-corrected chi connectivity index (χ1v) is 6.73. The van der Waals surface area contributed by atoms with E-state index in [1.54, 1.807) is 0 Å². The van der Waals surface area contributed by atoms with Crippen LogP contribution in [0.3, 0.4) is 0 Å². The van der Waals surface area contributed by atoms with Crippen LogP contribution in [0.4, 0.5) is 0 Å². The number of aliphatic hydroxyl groups excluding tert-OH is 1. The first-order chi connectivity index (χ1) is 7.85. The molecule has 0 aromatic heterocycles. The molecule has 0 bridgehead atoms. The average molecular weight is 228 g/mol. The molecule has 0 unspecified atom stereocenters. The van der Waals surface area contributed by atoms with Crippen molar-refractivity contribution in [1.29, 1.82) is 0 Å². The molecule has 3 heteroatoms. The van der Waals surface area contributed by atoms with Gasteiger partial charge in [0.2, 0.25) is 0 Å². The highest BCUT2D eigenvalue weighted by Gasteiger charge is 2.41. The van der Waals surface area contributed by atoms with Crippen molar-refractivity contribution in [3.8, 4) is 0 Å². The summed E-state index contributed by atoms with van der Waals surface area (Å²) in [7, 11) is 0. The molecule has 0 spiro atoms. The Morgan fingerprint density at radius 2 is 1.69 bits per heavy atom. The Morgan fingerprint density at radius 3 is 2.31 bits per heavy atom. The van der Waals surface area contributed by atoms with Gasteiger partial charge in [-0.15, -0.1) is 0 Å². The van der Waals surface area contributed by atoms with E-state index < -0.39 is 0 Å². The van der Waals surface area contributed by atoms with Crippen molar-refractivity contribution >= 4 is 0 Å². The molecule has 3 nitrogen and oxygen atoms in total. The highest BCUT2D eigenvalue weighted by atomic mass is 16.7. The molecule has 0 radical (unpaired) electrons. The molecule has 1 N–H and O–H groups in total. The fourth-order valence-electron chi connectivity index (χ4n) is 2.48. The largest absolute Gasteiger partial charge is 0.396 e. The monoisotopic (exact) mass is 228 g/mol. The Labute approximate surface area is 98.1 Å². The van der Waals surface area contributed by atoms with Crippen molar-refractivity contribution in [1.82, 2.24) is 0 Å². The van der Waals surface area contributed by atoms with Crippen molar-refractivity contribution < 1.29 is 14.6 Å². The Morgan fingerprint density at radius 1 is 1.00 bits per heavy atom. The van der Waals surface area contributed by atoms with Gasteiger partial charge in [0.05, 0.1) is 13.2 Å². The maximum atomic E-state index is 8.71. The molecule has 0 atom stereocenters. The summed E-state index contributed by atoms with van der Waals surface area (Å²) in [4.78, 5) is 0.